The van der Waals surface area contributed by atoms with Crippen molar-refractivity contribution in [1.82, 2.24) is 31.2 Å². The molecule has 1 fully saturated rings. The summed E-state index contributed by atoms with van der Waals surface area (Å²) < 4.78 is 42.0. The number of nitrogens with zero attached hydrogens (tertiary/aromatic N) is 4. The Kier molecular flexibility index (Phi) is 6.86. The number of hydrogen-bond donors (Lipinski definition) is 5. The molecule has 12 heteroatoms. The Balaban J connectivity index is 1.49. The zero-order valence-corrected chi connectivity index (χ0v) is 24.7. The van der Waals surface area contributed by atoms with Crippen molar-refractivity contribution in [3.63, 3.8) is 0 Å². The van der Waals surface area contributed by atoms with Crippen molar-refractivity contribution in [2.45, 2.75) is 58.3 Å². The zero-order chi connectivity index (χ0) is 31.4. The van der Waals surface area contributed by atoms with Crippen LogP contribution in [0.4, 0.5) is 24.5 Å². The number of fused-ring (bicyclic) bond motifs is 2. The van der Waals surface area contributed by atoms with Crippen molar-refractivity contribution in [2.75, 3.05) is 17.2 Å². The van der Waals surface area contributed by atoms with Crippen LogP contribution >= 0.6 is 0 Å². The first-order valence-electron chi connectivity index (χ1n) is 14.2. The lowest BCUT2D eigenvalue weighted by molar-refractivity contribution is -0.195. The largest absolute Gasteiger partial charge is 0.413 e. The van der Waals surface area contributed by atoms with Gasteiger partial charge in [-0.25, -0.2) is 0 Å². The molecule has 9 nitrogen and oxygen atoms in total. The molecule has 1 atom stereocenters. The number of aromatic nitrogens is 3. The molecule has 1 aliphatic heterocycles. The number of alkyl halides is 3. The lowest BCUT2D eigenvalue weighted by Gasteiger charge is -2.28. The molecule has 5 N–H and O–H groups in total. The number of nitrogens with one attached hydrogen (secondary N) is 5. The number of benzene rings is 2. The molecule has 3 heterocycles. The van der Waals surface area contributed by atoms with Crippen LogP contribution in [0.2, 0.25) is 0 Å². The Labute approximate surface area is 252 Å². The molecule has 1 aliphatic carbocycles. The summed E-state index contributed by atoms with van der Waals surface area (Å²) in [5, 5.41) is 27.1. The summed E-state index contributed by atoms with van der Waals surface area (Å²) in [6.07, 6.45) is 4.47. The fourth-order valence-corrected chi connectivity index (χ4v) is 5.60. The van der Waals surface area contributed by atoms with Gasteiger partial charge in [-0.15, -0.1) is 12.0 Å². The highest BCUT2D eigenvalue weighted by molar-refractivity contribution is 5.99. The summed E-state index contributed by atoms with van der Waals surface area (Å²) in [6, 6.07) is 10.8. The summed E-state index contributed by atoms with van der Waals surface area (Å²) in [6.45, 7) is 8.80. The van der Waals surface area contributed by atoms with Crippen molar-refractivity contribution in [1.29, 1.82) is 5.26 Å². The average molecular weight is 600 g/mol. The van der Waals surface area contributed by atoms with Crippen LogP contribution in [0, 0.1) is 36.0 Å². The normalized spacial score (nSPS) is 16.7. The molecule has 0 unspecified atom stereocenters. The van der Waals surface area contributed by atoms with E-state index in [1.165, 1.54) is 6.20 Å². The second-order valence-electron chi connectivity index (χ2n) is 12.5. The van der Waals surface area contributed by atoms with E-state index in [4.69, 9.17) is 6.42 Å². The van der Waals surface area contributed by atoms with Crippen molar-refractivity contribution in [3.05, 3.63) is 70.8 Å². The summed E-state index contributed by atoms with van der Waals surface area (Å²) in [5.41, 5.74) is 9.08. The number of terminal acetylenes is 1. The molecule has 2 aromatic heterocycles. The number of aromatic amines is 1. The van der Waals surface area contributed by atoms with Crippen LogP contribution in [-0.4, -0.2) is 38.5 Å². The van der Waals surface area contributed by atoms with Gasteiger partial charge in [0.25, 0.3) is 0 Å². The minimum Gasteiger partial charge on any atom is -0.383 e. The molecule has 0 amide bonds. The van der Waals surface area contributed by atoms with Crippen LogP contribution in [0.1, 0.15) is 62.0 Å². The molecule has 0 saturated heterocycles. The van der Waals surface area contributed by atoms with Gasteiger partial charge in [-0.05, 0) is 48.9 Å². The topological polar surface area (TPSA) is 117 Å². The first-order chi connectivity index (χ1) is 20.8. The van der Waals surface area contributed by atoms with Gasteiger partial charge in [-0.1, -0.05) is 38.8 Å². The molecule has 4 aromatic rings. The van der Waals surface area contributed by atoms with Gasteiger partial charge in [0.05, 0.1) is 39.6 Å². The van der Waals surface area contributed by atoms with Crippen molar-refractivity contribution in [2.24, 2.45) is 5.41 Å². The molecular weight excluding hydrogens is 567 g/mol. The minimum absolute atomic E-state index is 0.00542. The fourth-order valence-electron chi connectivity index (χ4n) is 5.60. The van der Waals surface area contributed by atoms with Crippen molar-refractivity contribution >= 4 is 33.2 Å². The van der Waals surface area contributed by atoms with E-state index in [1.807, 2.05) is 31.2 Å². The molecule has 0 radical (unpaired) electrons. The van der Waals surface area contributed by atoms with Gasteiger partial charge in [-0.2, -0.15) is 23.5 Å². The van der Waals surface area contributed by atoms with E-state index in [-0.39, 0.29) is 18.3 Å². The molecule has 6 rings (SSSR count). The van der Waals surface area contributed by atoms with Crippen molar-refractivity contribution < 1.29 is 13.2 Å². The Morgan fingerprint density at radius 1 is 1.18 bits per heavy atom. The first-order valence-corrected chi connectivity index (χ1v) is 14.2. The summed E-state index contributed by atoms with van der Waals surface area (Å²) in [5.74, 6) is 2.69. The Hall–Kier alpha value is -4.94. The van der Waals surface area contributed by atoms with E-state index in [2.05, 4.69) is 69.5 Å². The highest BCUT2D eigenvalue weighted by Crippen LogP contribution is 2.54. The predicted molar refractivity (Wildman–Crippen MR) is 164 cm³/mol. The second-order valence-corrected chi connectivity index (χ2v) is 12.5. The summed E-state index contributed by atoms with van der Waals surface area (Å²) in [4.78, 5) is 4.50. The van der Waals surface area contributed by atoms with E-state index in [0.29, 0.717) is 45.6 Å². The number of rotatable bonds is 7. The van der Waals surface area contributed by atoms with Gasteiger partial charge >= 0.3 is 6.18 Å². The molecule has 0 bridgehead atoms. The average Bonchev–Trinajstić information content (AvgIpc) is 3.52. The highest BCUT2D eigenvalue weighted by atomic mass is 19.4. The molecular formula is C32H32F3N9. The number of hydrogen-bond acceptors (Lipinski definition) is 8. The van der Waals surface area contributed by atoms with E-state index < -0.39 is 17.8 Å². The fraction of sp³-hybridized carbons (Fsp3) is 0.344. The number of aryl methyl sites for hydroxylation is 1. The van der Waals surface area contributed by atoms with Crippen LogP contribution in [0.5, 0.6) is 0 Å². The van der Waals surface area contributed by atoms with E-state index in [9.17, 15) is 18.4 Å². The monoisotopic (exact) mass is 599 g/mol. The van der Waals surface area contributed by atoms with Gasteiger partial charge in [0.15, 0.2) is 5.54 Å². The Bertz CT molecular complexity index is 1880. The lowest BCUT2D eigenvalue weighted by atomic mass is 9.96. The third-order valence-corrected chi connectivity index (χ3v) is 8.07. The highest BCUT2D eigenvalue weighted by Gasteiger charge is 2.67. The standard InChI is InChI=1S/C32H32F3N9/c1-6-19-15-37-28-20(14-36)12-21(13-23(28)27(19)38-17-30(3,4)5)39-29(22-8-7-9-24-26(22)18(2)40-41-24)25-16-44(43-42-25)31(10-11-31)32(33,34)35/h1,7-9,12-13,15-16,29,39,42-43H,10-11,17H2,2-5H3,(H,37,38)(H,40,41)/t29-/m0/s1. The molecule has 1 saturated carbocycles. The number of hydrazine groups is 2. The lowest BCUT2D eigenvalue weighted by Crippen LogP contribution is -2.52. The molecule has 226 valence electrons. The van der Waals surface area contributed by atoms with Gasteiger partial charge < -0.3 is 16.1 Å². The van der Waals surface area contributed by atoms with Crippen LogP contribution in [0.25, 0.3) is 21.8 Å². The van der Waals surface area contributed by atoms with E-state index in [0.717, 1.165) is 27.2 Å². The second kappa shape index (κ2) is 10.4. The Morgan fingerprint density at radius 2 is 1.95 bits per heavy atom. The van der Waals surface area contributed by atoms with Crippen LogP contribution in [0.15, 0.2) is 48.4 Å². The maximum Gasteiger partial charge on any atom is 0.413 e. The smallest absolute Gasteiger partial charge is 0.383 e. The van der Waals surface area contributed by atoms with E-state index in [1.54, 1.807) is 12.3 Å². The van der Waals surface area contributed by atoms with Crippen LogP contribution < -0.4 is 21.6 Å². The van der Waals surface area contributed by atoms with Gasteiger partial charge in [0, 0.05) is 41.1 Å². The third kappa shape index (κ3) is 5.01. The zero-order valence-electron chi connectivity index (χ0n) is 24.7. The van der Waals surface area contributed by atoms with Crippen LogP contribution in [0.3, 0.4) is 0 Å². The number of nitriles is 1. The van der Waals surface area contributed by atoms with Crippen LogP contribution in [-0.2, 0) is 0 Å². The molecule has 2 aromatic carbocycles. The van der Waals surface area contributed by atoms with Crippen molar-refractivity contribution in [3.8, 4) is 18.4 Å². The third-order valence-electron chi connectivity index (χ3n) is 8.07. The van der Waals surface area contributed by atoms with Gasteiger partial charge in [0.2, 0.25) is 0 Å². The van der Waals surface area contributed by atoms with Gasteiger partial charge in [0.1, 0.15) is 6.07 Å². The number of anilines is 2. The first kappa shape index (κ1) is 29.1. The molecule has 2 aliphatic rings. The maximum absolute atomic E-state index is 14.0. The quantitative estimate of drug-likeness (QED) is 0.161. The number of halogens is 3. The number of H-pyrrole nitrogens is 1. The SMILES string of the molecule is C#Cc1cnc2c(C#N)cc(N[C@H](C3=CN(C4(C(F)(F)F)CC4)NN3)c3cccc4n[nH]c(C)c34)cc2c1NCC(C)(C)C. The summed E-state index contributed by atoms with van der Waals surface area (Å²) >= 11 is 0. The summed E-state index contributed by atoms with van der Waals surface area (Å²) in [7, 11) is 0. The number of pyridine rings is 1. The Morgan fingerprint density at radius 3 is 2.61 bits per heavy atom. The maximum atomic E-state index is 14.0. The molecule has 0 spiro atoms. The molecule has 44 heavy (non-hydrogen) atoms. The van der Waals surface area contributed by atoms with Gasteiger partial charge in [-0.3, -0.25) is 15.1 Å². The van der Waals surface area contributed by atoms with E-state index >= 15 is 0 Å². The predicted octanol–water partition coefficient (Wildman–Crippen LogP) is 6.14. The minimum atomic E-state index is -4.41.